The summed E-state index contributed by atoms with van der Waals surface area (Å²) in [5.41, 5.74) is 0.976. The van der Waals surface area contributed by atoms with Crippen LogP contribution in [0.3, 0.4) is 0 Å². The molecule has 0 aliphatic carbocycles. The number of benzene rings is 1. The van der Waals surface area contributed by atoms with Crippen molar-refractivity contribution in [3.8, 4) is 0 Å². The Hall–Kier alpha value is -2.14. The first kappa shape index (κ1) is 19.9. The predicted molar refractivity (Wildman–Crippen MR) is 96.5 cm³/mol. The zero-order chi connectivity index (χ0) is 17.8. The van der Waals surface area contributed by atoms with E-state index in [1.165, 1.54) is 0 Å². The van der Waals surface area contributed by atoms with Crippen LogP contribution < -0.4 is 0 Å². The van der Waals surface area contributed by atoms with Crippen LogP contribution in [0.1, 0.15) is 25.3 Å². The minimum Gasteiger partial charge on any atom is -0.466 e. The lowest BCUT2D eigenvalue weighted by atomic mass is 10.2. The predicted octanol–water partition coefficient (Wildman–Crippen LogP) is 2.43. The lowest BCUT2D eigenvalue weighted by Gasteiger charge is -2.22. The molecule has 1 aromatic rings. The number of hydrogen-bond acceptors (Lipinski definition) is 4. The molecule has 0 heterocycles. The molecular weight excluding hydrogens is 304 g/mol. The maximum absolute atomic E-state index is 12.4. The fourth-order valence-corrected chi connectivity index (χ4v) is 2.21. The van der Waals surface area contributed by atoms with Crippen LogP contribution in [0.4, 0.5) is 0 Å². The van der Waals surface area contributed by atoms with E-state index in [1.54, 1.807) is 24.0 Å². The summed E-state index contributed by atoms with van der Waals surface area (Å²) in [4.78, 5) is 27.8. The van der Waals surface area contributed by atoms with Gasteiger partial charge in [0.2, 0.25) is 5.91 Å². The largest absolute Gasteiger partial charge is 0.466 e. The van der Waals surface area contributed by atoms with E-state index < -0.39 is 0 Å². The maximum atomic E-state index is 12.4. The van der Waals surface area contributed by atoms with Gasteiger partial charge in [0.1, 0.15) is 0 Å². The Morgan fingerprint density at radius 1 is 1.08 bits per heavy atom. The summed E-state index contributed by atoms with van der Waals surface area (Å²) < 4.78 is 4.94. The van der Waals surface area contributed by atoms with Gasteiger partial charge in [-0.3, -0.25) is 9.59 Å². The number of amides is 1. The number of esters is 1. The standard InChI is InChI=1S/C19H28N2O3/c1-4-24-19(23)13-16-21(15-8-14-20(2)3)18(22)12-11-17-9-6-5-7-10-17/h5-7,9-12H,4,8,13-16H2,1-3H3/b12-11+. The Labute approximate surface area is 144 Å². The smallest absolute Gasteiger partial charge is 0.307 e. The highest BCUT2D eigenvalue weighted by Gasteiger charge is 2.13. The molecule has 0 unspecified atom stereocenters. The van der Waals surface area contributed by atoms with Crippen LogP contribution >= 0.6 is 0 Å². The molecule has 0 atom stereocenters. The molecule has 0 bridgehead atoms. The van der Waals surface area contributed by atoms with Crippen LogP contribution in [-0.4, -0.2) is 62.0 Å². The van der Waals surface area contributed by atoms with Gasteiger partial charge in [0.25, 0.3) is 0 Å². The number of nitrogens with zero attached hydrogens (tertiary/aromatic N) is 2. The van der Waals surface area contributed by atoms with Crippen molar-refractivity contribution < 1.29 is 14.3 Å². The van der Waals surface area contributed by atoms with Crippen LogP contribution in [0.2, 0.25) is 0 Å². The number of rotatable bonds is 10. The summed E-state index contributed by atoms with van der Waals surface area (Å²) in [6.45, 7) is 4.03. The molecule has 1 amide bonds. The first-order valence-electron chi connectivity index (χ1n) is 8.35. The number of carbonyl (C=O) groups excluding carboxylic acids is 2. The number of ether oxygens (including phenoxy) is 1. The average molecular weight is 332 g/mol. The second-order valence-corrected chi connectivity index (χ2v) is 5.78. The summed E-state index contributed by atoms with van der Waals surface area (Å²) >= 11 is 0. The monoisotopic (exact) mass is 332 g/mol. The molecule has 0 radical (unpaired) electrons. The van der Waals surface area contributed by atoms with Crippen molar-refractivity contribution in [2.45, 2.75) is 19.8 Å². The molecule has 0 spiro atoms. The van der Waals surface area contributed by atoms with E-state index in [1.807, 2.05) is 44.4 Å². The minimum absolute atomic E-state index is 0.0816. The normalized spacial score (nSPS) is 11.0. The molecule has 24 heavy (non-hydrogen) atoms. The molecule has 0 aromatic heterocycles. The van der Waals surface area contributed by atoms with Crippen LogP contribution in [0.15, 0.2) is 36.4 Å². The van der Waals surface area contributed by atoms with Crippen molar-refractivity contribution in [3.63, 3.8) is 0 Å². The molecule has 132 valence electrons. The molecule has 0 aliphatic heterocycles. The highest BCUT2D eigenvalue weighted by molar-refractivity contribution is 5.92. The molecule has 0 saturated heterocycles. The average Bonchev–Trinajstić information content (AvgIpc) is 2.56. The van der Waals surface area contributed by atoms with Gasteiger partial charge in [-0.25, -0.2) is 0 Å². The van der Waals surface area contributed by atoms with Crippen LogP contribution in [0, 0.1) is 0 Å². The number of carbonyl (C=O) groups is 2. The van der Waals surface area contributed by atoms with Crippen molar-refractivity contribution in [3.05, 3.63) is 42.0 Å². The first-order chi connectivity index (χ1) is 11.5. The van der Waals surface area contributed by atoms with E-state index in [9.17, 15) is 9.59 Å². The van der Waals surface area contributed by atoms with Crippen molar-refractivity contribution in [2.75, 3.05) is 40.3 Å². The third kappa shape index (κ3) is 8.48. The van der Waals surface area contributed by atoms with E-state index in [0.29, 0.717) is 19.7 Å². The fraction of sp³-hybridized carbons (Fsp3) is 0.474. The highest BCUT2D eigenvalue weighted by atomic mass is 16.5. The third-order valence-electron chi connectivity index (χ3n) is 3.45. The Kier molecular flexibility index (Phi) is 9.46. The highest BCUT2D eigenvalue weighted by Crippen LogP contribution is 2.04. The van der Waals surface area contributed by atoms with Gasteiger partial charge in [0, 0.05) is 19.2 Å². The molecule has 0 fully saturated rings. The van der Waals surface area contributed by atoms with Gasteiger partial charge in [-0.1, -0.05) is 30.3 Å². The van der Waals surface area contributed by atoms with Crippen molar-refractivity contribution in [2.24, 2.45) is 0 Å². The zero-order valence-electron chi connectivity index (χ0n) is 14.9. The Morgan fingerprint density at radius 2 is 1.79 bits per heavy atom. The zero-order valence-corrected chi connectivity index (χ0v) is 14.9. The van der Waals surface area contributed by atoms with Crippen LogP contribution in [-0.2, 0) is 14.3 Å². The molecule has 0 aliphatic rings. The van der Waals surface area contributed by atoms with E-state index >= 15 is 0 Å². The Balaban J connectivity index is 2.62. The summed E-state index contributed by atoms with van der Waals surface area (Å²) in [5, 5.41) is 0. The Bertz CT molecular complexity index is 527. The third-order valence-corrected chi connectivity index (χ3v) is 3.45. The molecule has 0 N–H and O–H groups in total. The van der Waals surface area contributed by atoms with Crippen LogP contribution in [0.5, 0.6) is 0 Å². The van der Waals surface area contributed by atoms with E-state index in [4.69, 9.17) is 4.74 Å². The minimum atomic E-state index is -0.269. The molecule has 1 rings (SSSR count). The lowest BCUT2D eigenvalue weighted by Crippen LogP contribution is -2.34. The Morgan fingerprint density at radius 3 is 2.42 bits per heavy atom. The van der Waals surface area contributed by atoms with Gasteiger partial charge in [0.05, 0.1) is 13.0 Å². The lowest BCUT2D eigenvalue weighted by molar-refractivity contribution is -0.143. The van der Waals surface area contributed by atoms with E-state index in [0.717, 1.165) is 18.5 Å². The van der Waals surface area contributed by atoms with Crippen molar-refractivity contribution in [1.82, 2.24) is 9.80 Å². The van der Waals surface area contributed by atoms with E-state index in [-0.39, 0.29) is 18.3 Å². The summed E-state index contributed by atoms with van der Waals surface area (Å²) in [6, 6.07) is 9.68. The van der Waals surface area contributed by atoms with E-state index in [2.05, 4.69) is 4.90 Å². The summed E-state index contributed by atoms with van der Waals surface area (Å²) in [5.74, 6) is -0.350. The van der Waals surface area contributed by atoms with Crippen molar-refractivity contribution >= 4 is 18.0 Å². The molecule has 5 heteroatoms. The van der Waals surface area contributed by atoms with Gasteiger partial charge < -0.3 is 14.5 Å². The molecular formula is C19H28N2O3. The first-order valence-corrected chi connectivity index (χ1v) is 8.35. The second kappa shape index (κ2) is 11.4. The van der Waals surface area contributed by atoms with Crippen molar-refractivity contribution in [1.29, 1.82) is 0 Å². The maximum Gasteiger partial charge on any atom is 0.307 e. The quantitative estimate of drug-likeness (QED) is 0.488. The summed E-state index contributed by atoms with van der Waals surface area (Å²) in [6.07, 6.45) is 4.45. The molecule has 1 aromatic carbocycles. The molecule has 0 saturated carbocycles. The van der Waals surface area contributed by atoms with Gasteiger partial charge >= 0.3 is 5.97 Å². The molecule has 5 nitrogen and oxygen atoms in total. The fourth-order valence-electron chi connectivity index (χ4n) is 2.21. The van der Waals surface area contributed by atoms with Gasteiger partial charge in [-0.05, 0) is 45.6 Å². The van der Waals surface area contributed by atoms with Gasteiger partial charge in [-0.2, -0.15) is 0 Å². The SMILES string of the molecule is CCOC(=O)CCN(CCCN(C)C)C(=O)/C=C/c1ccccc1. The van der Waals surface area contributed by atoms with Crippen LogP contribution in [0.25, 0.3) is 6.08 Å². The number of hydrogen-bond donors (Lipinski definition) is 0. The second-order valence-electron chi connectivity index (χ2n) is 5.78. The topological polar surface area (TPSA) is 49.9 Å². The summed E-state index contributed by atoms with van der Waals surface area (Å²) in [7, 11) is 4.00. The van der Waals surface area contributed by atoms with Gasteiger partial charge in [-0.15, -0.1) is 0 Å². The van der Waals surface area contributed by atoms with Gasteiger partial charge in [0.15, 0.2) is 0 Å².